The summed E-state index contributed by atoms with van der Waals surface area (Å²) in [6.45, 7) is 1.86. The quantitative estimate of drug-likeness (QED) is 0.612. The van der Waals surface area contributed by atoms with Crippen LogP contribution in [0.3, 0.4) is 0 Å². The number of hydrogen-bond acceptors (Lipinski definition) is 5. The van der Waals surface area contributed by atoms with Gasteiger partial charge in [0.1, 0.15) is 5.60 Å². The number of nitrogens with zero attached hydrogens (tertiary/aromatic N) is 3. The van der Waals surface area contributed by atoms with Crippen LogP contribution < -0.4 is 5.73 Å². The summed E-state index contributed by atoms with van der Waals surface area (Å²) in [5.41, 5.74) is 8.16. The molecule has 8 heteroatoms. The minimum atomic E-state index is -1.15. The van der Waals surface area contributed by atoms with Gasteiger partial charge in [0.25, 0.3) is 11.8 Å². The van der Waals surface area contributed by atoms with Crippen molar-refractivity contribution < 1.29 is 14.7 Å². The molecule has 0 spiro atoms. The van der Waals surface area contributed by atoms with Gasteiger partial charge in [-0.05, 0) is 48.2 Å². The van der Waals surface area contributed by atoms with Gasteiger partial charge in [0.2, 0.25) is 0 Å². The Balaban J connectivity index is 1.26. The zero-order valence-electron chi connectivity index (χ0n) is 16.5. The van der Waals surface area contributed by atoms with Gasteiger partial charge in [-0.2, -0.15) is 5.10 Å². The van der Waals surface area contributed by atoms with Gasteiger partial charge in [0.15, 0.2) is 5.82 Å². The number of nitrogens with one attached hydrogen (secondary N) is 1. The van der Waals surface area contributed by atoms with Gasteiger partial charge in [-0.1, -0.05) is 18.2 Å². The Hall–Kier alpha value is -3.39. The number of fused-ring (bicyclic) bond motifs is 1. The van der Waals surface area contributed by atoms with E-state index in [1.54, 1.807) is 9.80 Å². The summed E-state index contributed by atoms with van der Waals surface area (Å²) in [6.07, 6.45) is 1.08. The number of anilines is 1. The minimum absolute atomic E-state index is 0.0458. The third kappa shape index (κ3) is 3.19. The molecule has 2 heterocycles. The Labute approximate surface area is 173 Å². The predicted molar refractivity (Wildman–Crippen MR) is 113 cm³/mol. The van der Waals surface area contributed by atoms with Gasteiger partial charge in [-0.25, -0.2) is 0 Å². The van der Waals surface area contributed by atoms with Gasteiger partial charge >= 0.3 is 0 Å². The maximum atomic E-state index is 12.9. The summed E-state index contributed by atoms with van der Waals surface area (Å²) in [7, 11) is 0. The van der Waals surface area contributed by atoms with Crippen molar-refractivity contribution in [2.24, 2.45) is 0 Å². The summed E-state index contributed by atoms with van der Waals surface area (Å²) >= 11 is 0. The minimum Gasteiger partial charge on any atom is -0.382 e. The monoisotopic (exact) mass is 405 g/mol. The number of piperazine rings is 1. The van der Waals surface area contributed by atoms with Crippen LogP contribution in [0.1, 0.15) is 23.2 Å². The molecule has 0 atom stereocenters. The molecular weight excluding hydrogens is 382 g/mol. The molecule has 2 amide bonds. The Kier molecular flexibility index (Phi) is 4.25. The maximum absolute atomic E-state index is 12.9. The molecule has 0 bridgehead atoms. The lowest BCUT2D eigenvalue weighted by atomic mass is 10.0. The molecule has 8 nitrogen and oxygen atoms in total. The van der Waals surface area contributed by atoms with Crippen molar-refractivity contribution >= 4 is 28.5 Å². The number of amides is 2. The van der Waals surface area contributed by atoms with Crippen LogP contribution in [-0.4, -0.2) is 68.7 Å². The zero-order valence-corrected chi connectivity index (χ0v) is 16.5. The van der Waals surface area contributed by atoms with Crippen molar-refractivity contribution in [1.29, 1.82) is 0 Å². The van der Waals surface area contributed by atoms with E-state index in [0.717, 1.165) is 22.0 Å². The average Bonchev–Trinajstić information content (AvgIpc) is 3.44. The van der Waals surface area contributed by atoms with Crippen LogP contribution in [0.25, 0.3) is 22.0 Å². The second-order valence-corrected chi connectivity index (χ2v) is 8.06. The highest BCUT2D eigenvalue weighted by Crippen LogP contribution is 2.37. The van der Waals surface area contributed by atoms with Crippen molar-refractivity contribution in [1.82, 2.24) is 20.0 Å². The van der Waals surface area contributed by atoms with Crippen molar-refractivity contribution in [2.75, 3.05) is 31.9 Å². The molecule has 1 saturated heterocycles. The standard InChI is InChI=1S/C22H23N5O3/c23-19-17-6-5-16(13-18(17)24-25-19)14-1-3-15(4-2-14)20(28)26-9-11-27(12-10-26)21(29)22(30)7-8-22/h1-6,13,30H,7-12H2,(H3,23,24,25). The summed E-state index contributed by atoms with van der Waals surface area (Å²) in [5.74, 6) is 0.233. The number of nitrogen functional groups attached to an aromatic ring is 1. The Morgan fingerprint density at radius 1 is 0.967 bits per heavy atom. The molecule has 0 unspecified atom stereocenters. The number of aromatic nitrogens is 2. The Morgan fingerprint density at radius 3 is 2.27 bits per heavy atom. The SMILES string of the molecule is Nc1n[nH]c2cc(-c3ccc(C(=O)N4CCN(C(=O)C5(O)CC5)CC4)cc3)ccc12. The first-order chi connectivity index (χ1) is 14.4. The number of rotatable bonds is 3. The van der Waals surface area contributed by atoms with E-state index >= 15 is 0 Å². The first-order valence-corrected chi connectivity index (χ1v) is 10.1. The molecule has 1 aliphatic carbocycles. The highest BCUT2D eigenvalue weighted by atomic mass is 16.3. The second kappa shape index (κ2) is 6.84. The van der Waals surface area contributed by atoms with E-state index < -0.39 is 5.60 Å². The third-order valence-corrected chi connectivity index (χ3v) is 6.03. The molecule has 2 fully saturated rings. The van der Waals surface area contributed by atoms with Gasteiger partial charge in [0, 0.05) is 37.1 Å². The number of carbonyl (C=O) groups excluding carboxylic acids is 2. The summed E-state index contributed by atoms with van der Waals surface area (Å²) < 4.78 is 0. The molecule has 4 N–H and O–H groups in total. The first kappa shape index (κ1) is 18.6. The predicted octanol–water partition coefficient (Wildman–Crippen LogP) is 1.62. The van der Waals surface area contributed by atoms with Crippen LogP contribution in [0.4, 0.5) is 5.82 Å². The number of H-pyrrole nitrogens is 1. The molecule has 2 aromatic carbocycles. The van der Waals surface area contributed by atoms with E-state index in [4.69, 9.17) is 5.73 Å². The zero-order chi connectivity index (χ0) is 20.9. The highest BCUT2D eigenvalue weighted by molar-refractivity contribution is 5.96. The van der Waals surface area contributed by atoms with Gasteiger partial charge < -0.3 is 20.6 Å². The van der Waals surface area contributed by atoms with E-state index in [2.05, 4.69) is 10.2 Å². The molecule has 1 aromatic heterocycles. The topological polar surface area (TPSA) is 116 Å². The second-order valence-electron chi connectivity index (χ2n) is 8.06. The first-order valence-electron chi connectivity index (χ1n) is 10.1. The molecule has 1 aliphatic heterocycles. The number of carbonyl (C=O) groups is 2. The number of aliphatic hydroxyl groups is 1. The number of nitrogens with two attached hydrogens (primary N) is 1. The summed E-state index contributed by atoms with van der Waals surface area (Å²) in [6, 6.07) is 13.4. The summed E-state index contributed by atoms with van der Waals surface area (Å²) in [4.78, 5) is 28.5. The number of aromatic amines is 1. The number of benzene rings is 2. The average molecular weight is 405 g/mol. The molecule has 1 saturated carbocycles. The van der Waals surface area contributed by atoms with Crippen LogP contribution in [0.15, 0.2) is 42.5 Å². The number of hydrogen-bond donors (Lipinski definition) is 3. The smallest absolute Gasteiger partial charge is 0.254 e. The fourth-order valence-corrected chi connectivity index (χ4v) is 3.95. The molecule has 2 aliphatic rings. The Bertz CT molecular complexity index is 1130. The lowest BCUT2D eigenvalue weighted by Crippen LogP contribution is -2.53. The van der Waals surface area contributed by atoms with Crippen LogP contribution in [0.5, 0.6) is 0 Å². The van der Waals surface area contributed by atoms with Gasteiger partial charge in [-0.3, -0.25) is 14.7 Å². The normalized spacial score (nSPS) is 17.9. The third-order valence-electron chi connectivity index (χ3n) is 6.03. The van der Waals surface area contributed by atoms with E-state index in [1.807, 2.05) is 42.5 Å². The molecule has 3 aromatic rings. The molecule has 154 valence electrons. The van der Waals surface area contributed by atoms with Crippen molar-refractivity contribution in [3.8, 4) is 11.1 Å². The highest BCUT2D eigenvalue weighted by Gasteiger charge is 2.50. The van der Waals surface area contributed by atoms with Crippen LogP contribution in [0, 0.1) is 0 Å². The fraction of sp³-hybridized carbons (Fsp3) is 0.318. The van der Waals surface area contributed by atoms with Crippen LogP contribution in [-0.2, 0) is 4.79 Å². The van der Waals surface area contributed by atoms with E-state index in [-0.39, 0.29) is 11.8 Å². The summed E-state index contributed by atoms with van der Waals surface area (Å²) in [5, 5.41) is 17.8. The van der Waals surface area contributed by atoms with Crippen molar-refractivity contribution in [3.63, 3.8) is 0 Å². The molecule has 30 heavy (non-hydrogen) atoms. The molecule has 0 radical (unpaired) electrons. The van der Waals surface area contributed by atoms with Crippen molar-refractivity contribution in [2.45, 2.75) is 18.4 Å². The fourth-order valence-electron chi connectivity index (χ4n) is 3.95. The van der Waals surface area contributed by atoms with Crippen LogP contribution >= 0.6 is 0 Å². The van der Waals surface area contributed by atoms with Crippen molar-refractivity contribution in [3.05, 3.63) is 48.0 Å². The lowest BCUT2D eigenvalue weighted by molar-refractivity contribution is -0.143. The Morgan fingerprint density at radius 2 is 1.60 bits per heavy atom. The van der Waals surface area contributed by atoms with E-state index in [9.17, 15) is 14.7 Å². The molecule has 5 rings (SSSR count). The van der Waals surface area contributed by atoms with Gasteiger partial charge in [0.05, 0.1) is 5.52 Å². The van der Waals surface area contributed by atoms with Crippen LogP contribution in [0.2, 0.25) is 0 Å². The largest absolute Gasteiger partial charge is 0.382 e. The van der Waals surface area contributed by atoms with Gasteiger partial charge in [-0.15, -0.1) is 0 Å². The maximum Gasteiger partial charge on any atom is 0.254 e. The van der Waals surface area contributed by atoms with E-state index in [1.165, 1.54) is 0 Å². The van der Waals surface area contributed by atoms with E-state index in [0.29, 0.717) is 50.4 Å². The molecular formula is C22H23N5O3. The lowest BCUT2D eigenvalue weighted by Gasteiger charge is -2.35.